The summed E-state index contributed by atoms with van der Waals surface area (Å²) in [4.78, 5) is 64.6. The van der Waals surface area contributed by atoms with Crippen LogP contribution in [0.2, 0.25) is 0 Å². The molecule has 0 atom stereocenters. The van der Waals surface area contributed by atoms with Crippen molar-refractivity contribution in [3.63, 3.8) is 0 Å². The number of carbonyl (C=O) groups excluding carboxylic acids is 4. The Morgan fingerprint density at radius 1 is 0.285 bits per heavy atom. The van der Waals surface area contributed by atoms with Crippen LogP contribution in [0.1, 0.15) is 102 Å². The summed E-state index contributed by atoms with van der Waals surface area (Å²) in [6.45, 7) is 24.7. The minimum atomic E-state index is -6.02. The molecule has 0 aliphatic rings. The average Bonchev–Trinajstić information content (AvgIpc) is 0.803. The van der Waals surface area contributed by atoms with Gasteiger partial charge in [0, 0.05) is 80.4 Å². The van der Waals surface area contributed by atoms with Gasteiger partial charge in [-0.05, 0) is 260 Å². The average molecular weight is 2050 g/mol. The number of halogens is 7. The summed E-state index contributed by atoms with van der Waals surface area (Å²) in [6.07, 6.45) is -9.79. The standard InChI is InChI=1S/C28H28F7O2S.C24H23O4S.C23H23O3S.C23H23O2S.C22H23OS/c1-20-16-24(38(22-10-5-3-6-11-22)23-12-7-4-8-13-23)17-21(2)25(20)37-19-36-15-9-14-26(29,30)18-27(31,32)28(33,34)35;1-17-14-22(15-18(2)24(17)28-23(26)16-27-19(3)25)29(20-10-6-4-7-11-20)21-12-8-5-9-13-21;1-17-14-21(15-18(2)23(17)26-16-22(24)25-3)27(19-10-6-4-7-11-19)20-12-8-5-9-13-20;1-4-22(24)25-23-17(2)15-21(16-18(23)3)26(19-11-7-5-8-12-19)20-13-9-6-10-14-20;1-4-23-22-17(2)15-21(16-18(22)3)24(19-11-7-5-8-12-19)20-13-9-6-10-14-20/h3-8,10-13,16-17H,9,14-15,18-19H2,1-2H3;4-15H,16H2,1-3H3;4-15H,16H2,1-3H3;5-16H,4H2,1-3H3;5-16H,4H2,1-3H3/q5*+1. The maximum absolute atomic E-state index is 13.6. The zero-order valence-electron chi connectivity index (χ0n) is 83.1. The Hall–Kier alpha value is -13.2. The van der Waals surface area contributed by atoms with Crippen molar-refractivity contribution in [3.8, 4) is 28.7 Å². The first-order chi connectivity index (χ1) is 69.2. The minimum Gasteiger partial charge on any atom is -0.493 e. The van der Waals surface area contributed by atoms with Gasteiger partial charge in [-0.3, -0.25) is 9.59 Å². The van der Waals surface area contributed by atoms with Crippen molar-refractivity contribution in [2.75, 3.05) is 40.3 Å². The fraction of sp³-hybridized carbons (Fsp3) is 0.217. The van der Waals surface area contributed by atoms with Crippen molar-refractivity contribution in [3.05, 3.63) is 420 Å². The molecular formula is C120H120F7O12S5+5. The van der Waals surface area contributed by atoms with Crippen LogP contribution in [-0.2, 0) is 87.9 Å². The molecule has 15 aromatic rings. The molecule has 0 saturated heterocycles. The second-order valence-corrected chi connectivity index (χ2v) is 43.6. The van der Waals surface area contributed by atoms with Crippen molar-refractivity contribution in [2.24, 2.45) is 0 Å². The van der Waals surface area contributed by atoms with E-state index in [1.807, 2.05) is 178 Å². The highest BCUT2D eigenvalue weighted by molar-refractivity contribution is 7.98. The smallest absolute Gasteiger partial charge is 0.453 e. The summed E-state index contributed by atoms with van der Waals surface area (Å²) in [5.74, 6) is -7.80. The molecule has 0 radical (unpaired) electrons. The first kappa shape index (κ1) is 111. The van der Waals surface area contributed by atoms with Crippen LogP contribution in [0.5, 0.6) is 28.7 Å². The van der Waals surface area contributed by atoms with E-state index < -0.39 is 55.8 Å². The first-order valence-corrected chi connectivity index (χ1v) is 53.0. The summed E-state index contributed by atoms with van der Waals surface area (Å²) in [6, 6.07) is 126. The zero-order valence-corrected chi connectivity index (χ0v) is 87.2. The van der Waals surface area contributed by atoms with Gasteiger partial charge in [0.15, 0.2) is 93.4 Å². The van der Waals surface area contributed by atoms with Gasteiger partial charge in [0.05, 0.1) is 81.2 Å². The summed E-state index contributed by atoms with van der Waals surface area (Å²) >= 11 is 0. The second kappa shape index (κ2) is 54.5. The molecule has 0 N–H and O–H groups in total. The number of benzene rings is 15. The summed E-state index contributed by atoms with van der Waals surface area (Å²) in [5, 5.41) is 0. The van der Waals surface area contributed by atoms with Crippen LogP contribution in [0, 0.1) is 69.2 Å². The van der Waals surface area contributed by atoms with E-state index in [9.17, 15) is 49.9 Å². The topological polar surface area (TPSA) is 142 Å². The van der Waals surface area contributed by atoms with E-state index in [-0.39, 0.29) is 86.4 Å². The van der Waals surface area contributed by atoms with Gasteiger partial charge in [0.25, 0.3) is 5.92 Å². The summed E-state index contributed by atoms with van der Waals surface area (Å²) in [5.41, 5.74) is 9.82. The SMILES string of the molecule is CC(=O)OCC(=O)Oc1c(C)cc([S+](c2ccccc2)c2ccccc2)cc1C.CCC(=O)Oc1c(C)cc([S+](c2ccccc2)c2ccccc2)cc1C.CCOc1c(C)cc([S+](c2ccccc2)c2ccccc2)cc1C.COC(=O)COc1c(C)cc([S+](c2ccccc2)c2ccccc2)cc1C.Cc1cc([S+](c2ccccc2)c2ccccc2)cc(C)c1OCOCCCC(F)(F)CC(F)(F)C(F)(F)F. The molecule has 12 nitrogen and oxygen atoms in total. The molecule has 15 rings (SSSR count). The Bertz CT molecular complexity index is 6320. The van der Waals surface area contributed by atoms with E-state index in [2.05, 4.69) is 273 Å². The lowest BCUT2D eigenvalue weighted by molar-refractivity contribution is -0.301. The van der Waals surface area contributed by atoms with Gasteiger partial charge in [0.2, 0.25) is 0 Å². The maximum atomic E-state index is 13.6. The number of esters is 4. The first-order valence-electron chi connectivity index (χ1n) is 46.8. The monoisotopic (exact) mass is 2050 g/mol. The largest absolute Gasteiger partial charge is 0.493 e. The number of methoxy groups -OCH3 is 1. The Labute approximate surface area is 855 Å². The molecule has 0 bridgehead atoms. The van der Waals surface area contributed by atoms with Crippen LogP contribution in [0.25, 0.3) is 0 Å². The van der Waals surface area contributed by atoms with Crippen LogP contribution in [0.3, 0.4) is 0 Å². The summed E-state index contributed by atoms with van der Waals surface area (Å²) in [7, 11) is 0.222. The van der Waals surface area contributed by atoms with Crippen molar-refractivity contribution in [1.82, 2.24) is 0 Å². The van der Waals surface area contributed by atoms with Gasteiger partial charge in [-0.1, -0.05) is 189 Å². The molecule has 0 saturated carbocycles. The highest BCUT2D eigenvalue weighted by Gasteiger charge is 2.61. The normalized spacial score (nSPS) is 11.2. The van der Waals surface area contributed by atoms with Gasteiger partial charge in [-0.15, -0.1) is 0 Å². The van der Waals surface area contributed by atoms with Gasteiger partial charge >= 0.3 is 36.0 Å². The fourth-order valence-electron chi connectivity index (χ4n) is 15.7. The van der Waals surface area contributed by atoms with Crippen LogP contribution < -0.4 is 23.7 Å². The second-order valence-electron chi connectivity index (χ2n) is 33.5. The molecule has 0 spiro atoms. The molecule has 0 heterocycles. The third-order valence-electron chi connectivity index (χ3n) is 22.1. The highest BCUT2D eigenvalue weighted by atomic mass is 32.2. The third-order valence-corrected chi connectivity index (χ3v) is 33.1. The lowest BCUT2D eigenvalue weighted by atomic mass is 10.1. The Morgan fingerprint density at radius 2 is 0.514 bits per heavy atom. The number of hydrogen-bond donors (Lipinski definition) is 0. The fourth-order valence-corrected chi connectivity index (χ4v) is 27.0. The predicted molar refractivity (Wildman–Crippen MR) is 563 cm³/mol. The predicted octanol–water partition coefficient (Wildman–Crippen LogP) is 30.1. The van der Waals surface area contributed by atoms with E-state index >= 15 is 0 Å². The number of aryl methyl sites for hydroxylation is 10. The molecule has 0 unspecified atom stereocenters. The third kappa shape index (κ3) is 31.9. The molecular weight excluding hydrogens is 1930 g/mol. The number of carbonyl (C=O) groups is 4. The van der Waals surface area contributed by atoms with E-state index in [0.717, 1.165) is 75.6 Å². The van der Waals surface area contributed by atoms with E-state index in [0.29, 0.717) is 30.3 Å². The number of alkyl halides is 7. The molecule has 24 heteroatoms. The van der Waals surface area contributed by atoms with Crippen LogP contribution >= 0.6 is 0 Å². The number of hydrogen-bond acceptors (Lipinski definition) is 12. The van der Waals surface area contributed by atoms with E-state index in [1.165, 1.54) is 79.0 Å². The highest BCUT2D eigenvalue weighted by Crippen LogP contribution is 2.46. The van der Waals surface area contributed by atoms with Gasteiger partial charge in [-0.25, -0.2) is 18.4 Å². The van der Waals surface area contributed by atoms with Crippen LogP contribution in [0.4, 0.5) is 30.7 Å². The summed E-state index contributed by atoms with van der Waals surface area (Å²) < 4.78 is 132. The molecule has 0 aromatic heterocycles. The van der Waals surface area contributed by atoms with Gasteiger partial charge in [0.1, 0.15) is 28.7 Å². The van der Waals surface area contributed by atoms with Crippen molar-refractivity contribution < 1.29 is 87.8 Å². The molecule has 0 fully saturated rings. The van der Waals surface area contributed by atoms with Gasteiger partial charge < -0.3 is 37.9 Å². The van der Waals surface area contributed by atoms with E-state index in [4.69, 9.17) is 33.2 Å². The molecule has 0 aliphatic carbocycles. The van der Waals surface area contributed by atoms with Crippen LogP contribution in [0.15, 0.2) is 437 Å². The minimum absolute atomic E-state index is 0.0827. The lowest BCUT2D eigenvalue weighted by Gasteiger charge is -2.24. The zero-order chi connectivity index (χ0) is 103. The molecule has 0 aliphatic heterocycles. The van der Waals surface area contributed by atoms with Crippen molar-refractivity contribution in [1.29, 1.82) is 0 Å². The van der Waals surface area contributed by atoms with E-state index in [1.54, 1.807) is 0 Å². The number of rotatable bonds is 34. The Kier molecular flexibility index (Phi) is 42.1. The molecule has 0 amide bonds. The van der Waals surface area contributed by atoms with Crippen molar-refractivity contribution >= 4 is 78.4 Å². The van der Waals surface area contributed by atoms with Gasteiger partial charge in [-0.2, -0.15) is 22.0 Å². The lowest BCUT2D eigenvalue weighted by Crippen LogP contribution is -2.41. The quantitative estimate of drug-likeness (QED) is 0.00946. The molecule has 144 heavy (non-hydrogen) atoms. The molecule has 15 aromatic carbocycles. The molecule has 746 valence electrons. The maximum Gasteiger partial charge on any atom is 0.453 e. The number of ether oxygens (including phenoxy) is 8. The Morgan fingerprint density at radius 3 is 0.736 bits per heavy atom. The Balaban J connectivity index is 0.000000173. The van der Waals surface area contributed by atoms with Crippen LogP contribution in [-0.4, -0.2) is 82.2 Å². The van der Waals surface area contributed by atoms with Crippen molar-refractivity contribution in [2.45, 2.75) is 207 Å².